The molecule has 0 amide bonds. The highest BCUT2D eigenvalue weighted by atomic mass is 32.1. The molecule has 4 aromatic rings. The van der Waals surface area contributed by atoms with Crippen molar-refractivity contribution in [2.45, 2.75) is 209 Å². The van der Waals surface area contributed by atoms with Crippen molar-refractivity contribution >= 4 is 121 Å². The van der Waals surface area contributed by atoms with Crippen LogP contribution in [-0.2, 0) is 102 Å². The highest BCUT2D eigenvalue weighted by Gasteiger charge is 2.34. The second-order valence-corrected chi connectivity index (χ2v) is 27.8. The van der Waals surface area contributed by atoms with Gasteiger partial charge in [-0.2, -0.15) is 5.26 Å². The molecule has 3 aromatic heterocycles. The van der Waals surface area contributed by atoms with Crippen LogP contribution in [0.15, 0.2) is 46.7 Å². The van der Waals surface area contributed by atoms with Gasteiger partial charge in [0.15, 0.2) is 5.78 Å². The number of nitrogens with two attached hydrogens (primary N) is 2. The number of aromatic nitrogens is 2. The number of phenols is 1. The van der Waals surface area contributed by atoms with Crippen LogP contribution in [0, 0.1) is 58.8 Å². The number of nitrogens with zero attached hydrogens (tertiary/aromatic N) is 3. The molecule has 1 aromatic carbocycles. The third-order valence-electron chi connectivity index (χ3n) is 17.3. The van der Waals surface area contributed by atoms with Crippen molar-refractivity contribution in [3.63, 3.8) is 0 Å². The Labute approximate surface area is 651 Å². The van der Waals surface area contributed by atoms with E-state index in [0.29, 0.717) is 100 Å². The first-order chi connectivity index (χ1) is 52.6. The molecule has 6 aliphatic rings. The number of fused-ring (bicyclic) bond motifs is 4. The summed E-state index contributed by atoms with van der Waals surface area (Å²) in [7, 11) is 0. The number of hydrogen-bond acceptors (Lipinski definition) is 27. The molecule has 10 rings (SSSR count). The minimum Gasteiger partial charge on any atom is -0.508 e. The number of aliphatic hydroxyl groups excluding tert-OH is 1. The molecule has 4 fully saturated rings. The zero-order valence-electron chi connectivity index (χ0n) is 64.1. The third-order valence-corrected chi connectivity index (χ3v) is 19.6. The SMILES string of the molecule is CC(=O)C1CCc2sc3nc[nH]c(=O)c3c2C1.CC(=O)O.CCOC(=O)C1CCCC(=O)C1.CCOC(=O)C1CCc2sc(N)c(C(C)=O)c2C1.CCOC(=O)CC#N.N=CN.O=C(O)C1CCCC(O)C1.O=C(O)c1cccc(O)c1.O=C1CCCC(C(=O)O)C1.[C-]#[N+]/C(C(=O)OCC)=C1\CCCC(C(=O)OCC)C1. The number of allylic oxidation sites excluding steroid dienone is 1. The summed E-state index contributed by atoms with van der Waals surface area (Å²) in [6.45, 7) is 21.8. The number of aliphatic carboxylic acids is 3. The van der Waals surface area contributed by atoms with Gasteiger partial charge in [-0.1, -0.05) is 18.1 Å². The maximum absolute atomic E-state index is 11.8. The van der Waals surface area contributed by atoms with E-state index in [1.54, 1.807) is 58.9 Å². The molecule has 0 bridgehead atoms. The number of aromatic hydroxyl groups is 1. The van der Waals surface area contributed by atoms with Crippen LogP contribution in [0.2, 0.25) is 0 Å². The smallest absolute Gasteiger partial charge is 0.336 e. The van der Waals surface area contributed by atoms with E-state index < -0.39 is 41.7 Å². The Morgan fingerprint density at radius 3 is 1.57 bits per heavy atom. The number of carboxylic acid groups (broad SMARTS) is 4. The van der Waals surface area contributed by atoms with E-state index in [1.807, 2.05) is 0 Å². The fourth-order valence-corrected chi connectivity index (χ4v) is 14.5. The number of ketones is 4. The van der Waals surface area contributed by atoms with E-state index in [1.165, 1.54) is 53.7 Å². The molecule has 0 spiro atoms. The number of hydrogen-bond donors (Lipinski definition) is 10. The van der Waals surface area contributed by atoms with Crippen molar-refractivity contribution in [2.75, 3.05) is 38.8 Å². The summed E-state index contributed by atoms with van der Waals surface area (Å²) >= 11 is 3.06. The Morgan fingerprint density at radius 2 is 1.13 bits per heavy atom. The molecule has 32 nitrogen and oxygen atoms in total. The number of rotatable bonds is 15. The number of Topliss-reactive ketones (excluding diaryl/α,β-unsaturated/α-hetero) is 4. The number of carbonyl (C=O) groups is 13. The average molecular weight is 1590 g/mol. The number of phenolic OH excluding ortho intramolecular Hbond substituents is 1. The second kappa shape index (κ2) is 54.1. The van der Waals surface area contributed by atoms with Crippen LogP contribution in [0.25, 0.3) is 15.1 Å². The quantitative estimate of drug-likeness (QED) is 0.0101. The van der Waals surface area contributed by atoms with Crippen LogP contribution in [0.3, 0.4) is 0 Å². The number of aliphatic hydroxyl groups is 1. The number of benzene rings is 1. The number of carbonyl (C=O) groups excluding carboxylic acids is 9. The lowest BCUT2D eigenvalue weighted by Crippen LogP contribution is -2.25. The van der Waals surface area contributed by atoms with Crippen LogP contribution < -0.4 is 17.0 Å². The second-order valence-electron chi connectivity index (χ2n) is 25.6. The number of nitrogen functional groups attached to an aromatic ring is 1. The Bertz CT molecular complexity index is 3970. The van der Waals surface area contributed by atoms with Gasteiger partial charge in [-0.3, -0.25) is 67.7 Å². The van der Waals surface area contributed by atoms with Gasteiger partial charge in [-0.25, -0.2) is 14.6 Å². The predicted octanol–water partition coefficient (Wildman–Crippen LogP) is 10.3. The van der Waals surface area contributed by atoms with E-state index >= 15 is 0 Å². The largest absolute Gasteiger partial charge is 0.508 e. The van der Waals surface area contributed by atoms with Crippen molar-refractivity contribution < 1.29 is 117 Å². The zero-order chi connectivity index (χ0) is 83.9. The van der Waals surface area contributed by atoms with Gasteiger partial charge < -0.3 is 70.8 Å². The number of esters is 5. The fourth-order valence-electron chi connectivity index (χ4n) is 12.1. The zero-order valence-corrected chi connectivity index (χ0v) is 65.7. The lowest BCUT2D eigenvalue weighted by atomic mass is 9.84. The van der Waals surface area contributed by atoms with Gasteiger partial charge in [0.25, 0.3) is 17.2 Å². The number of nitriles is 1. The molecule has 7 atom stereocenters. The topological polar surface area (TPSA) is 539 Å². The van der Waals surface area contributed by atoms with Crippen molar-refractivity contribution in [3.05, 3.63) is 95.6 Å². The van der Waals surface area contributed by atoms with Crippen LogP contribution in [0.5, 0.6) is 5.75 Å². The molecule has 4 saturated carbocycles. The number of thiophene rings is 2. The summed E-state index contributed by atoms with van der Waals surface area (Å²) in [4.78, 5) is 166. The van der Waals surface area contributed by atoms with Gasteiger partial charge in [0.05, 0.1) is 116 Å². The number of aromatic amines is 1. The summed E-state index contributed by atoms with van der Waals surface area (Å²) < 4.78 is 24.2. The molecular formula is C77H105N7O25S2. The number of H-pyrrole nitrogens is 1. The van der Waals surface area contributed by atoms with Crippen molar-refractivity contribution in [3.8, 4) is 11.8 Å². The molecule has 610 valence electrons. The van der Waals surface area contributed by atoms with E-state index in [0.717, 1.165) is 117 Å². The first kappa shape index (κ1) is 98.4. The van der Waals surface area contributed by atoms with Crippen LogP contribution in [0.1, 0.15) is 219 Å². The number of aryl methyl sites for hydroxylation is 2. The van der Waals surface area contributed by atoms with Crippen molar-refractivity contribution in [2.24, 2.45) is 41.2 Å². The van der Waals surface area contributed by atoms with Crippen molar-refractivity contribution in [1.29, 1.82) is 10.7 Å². The van der Waals surface area contributed by atoms with E-state index in [2.05, 4.69) is 25.3 Å². The number of ether oxygens (including phenoxy) is 5. The summed E-state index contributed by atoms with van der Waals surface area (Å²) in [5.74, 6) is -5.81. The first-order valence-corrected chi connectivity index (χ1v) is 38.0. The maximum atomic E-state index is 11.8. The van der Waals surface area contributed by atoms with E-state index in [9.17, 15) is 62.3 Å². The molecular weight excluding hydrogens is 1490 g/mol. The minimum absolute atomic E-state index is 0.0190. The monoisotopic (exact) mass is 1590 g/mol. The first-order valence-electron chi connectivity index (χ1n) is 36.4. The standard InChI is InChI=1S/C14H19NO4.C13H17NO3S.C12H12N2O2S.C9H14O3.C7H12O3.C7H10O3.C7H6O3.C5H7NO2.C2H4O2.CH4N2/c1-4-18-13(16)11-8-6-7-10(9-11)12(15-3)14(17)19-5-2;1-3-17-13(16)8-4-5-10-9(6-8)11(7(2)15)12(14)18-10;1-6(15)7-2-3-9-8(4-7)10-11(16)13-5-14-12(10)17-9;1-2-12-9(11)7-4-3-5-8(10)6-7;3*8-6-3-1-2-5(4-6)7(9)10;1-2-8-5(7)3-4-6;1-2(3)4;2-1-3/h11H,4-9H2,1-2H3;8H,3-6,14H2,1-2H3;5,7H,2-4H2,1H3,(H,13,14,16);7H,2-6H2,1H3;5-6,8H,1-4H2,(H,9,10);5H,1-4H2,(H,9,10);1-4,8H,(H,9,10);2-3H2,1H3;1H3,(H,3,4);1H,(H3,2,3)/b12-10+;;;;;;;;;. The molecule has 111 heavy (non-hydrogen) atoms. The maximum Gasteiger partial charge on any atom is 0.336 e. The Kier molecular flexibility index (Phi) is 48.0. The van der Waals surface area contributed by atoms with Crippen LogP contribution >= 0.6 is 22.7 Å². The van der Waals surface area contributed by atoms with Gasteiger partial charge in [-0.15, -0.1) is 22.7 Å². The summed E-state index contributed by atoms with van der Waals surface area (Å²) in [6.07, 6.45) is 16.6. The molecule has 0 aliphatic heterocycles. The van der Waals surface area contributed by atoms with E-state index in [4.69, 9.17) is 77.4 Å². The predicted molar refractivity (Wildman–Crippen MR) is 408 cm³/mol. The number of nitrogens with one attached hydrogen (secondary N) is 2. The normalized spacial score (nSPS) is 19.2. The van der Waals surface area contributed by atoms with Gasteiger partial charge in [0, 0.05) is 48.3 Å². The number of carboxylic acids is 4. The fraction of sp³-hybridized carbons (Fsp3) is 0.558. The summed E-state index contributed by atoms with van der Waals surface area (Å²) in [5, 5.41) is 65.8. The van der Waals surface area contributed by atoms with Crippen LogP contribution in [-0.4, -0.2) is 163 Å². The number of anilines is 1. The summed E-state index contributed by atoms with van der Waals surface area (Å²) in [5.41, 5.74) is 13.7. The molecule has 0 radical (unpaired) electrons. The average Bonchev–Trinajstić information content (AvgIpc) is 1.62. The lowest BCUT2D eigenvalue weighted by molar-refractivity contribution is -0.151. The van der Waals surface area contributed by atoms with Gasteiger partial charge in [-0.05, 0) is 187 Å². The van der Waals surface area contributed by atoms with E-state index in [-0.39, 0.29) is 119 Å². The van der Waals surface area contributed by atoms with Crippen LogP contribution in [0.4, 0.5) is 5.00 Å². The lowest BCUT2D eigenvalue weighted by Gasteiger charge is -2.23. The molecule has 34 heteroatoms. The molecule has 12 N–H and O–H groups in total. The third kappa shape index (κ3) is 37.1. The van der Waals surface area contributed by atoms with Crippen molar-refractivity contribution in [1.82, 2.24) is 9.97 Å². The van der Waals surface area contributed by atoms with Gasteiger partial charge in [0.2, 0.25) is 0 Å². The minimum atomic E-state index is -1.03. The number of aromatic carboxylic acids is 1. The Hall–Kier alpha value is -10.6. The summed E-state index contributed by atoms with van der Waals surface area (Å²) in [6, 6.07) is 7.20. The Morgan fingerprint density at radius 1 is 0.649 bits per heavy atom. The highest BCUT2D eigenvalue weighted by molar-refractivity contribution is 7.18. The molecule has 6 aliphatic carbocycles. The Balaban J connectivity index is 0.000000636. The molecule has 3 heterocycles. The van der Waals surface area contributed by atoms with Gasteiger partial charge >= 0.3 is 47.8 Å². The molecule has 7 unspecified atom stereocenters. The molecule has 0 saturated heterocycles. The highest BCUT2D eigenvalue weighted by Crippen LogP contribution is 2.40. The van der Waals surface area contributed by atoms with Gasteiger partial charge in [0.1, 0.15) is 34.4 Å².